The van der Waals surface area contributed by atoms with Gasteiger partial charge in [0.1, 0.15) is 0 Å². The standard InChI is InChI=1S/C20H29ClN2O4/c1-5-11-27-18-16(21)12-15(13-17(18)26-6-2)20(25)23-9-7-14(8-10-23)19(24)22(3)4/h12-14H,5-11H2,1-4H3. The zero-order valence-electron chi connectivity index (χ0n) is 16.6. The van der Waals surface area contributed by atoms with Crippen molar-refractivity contribution in [3.8, 4) is 11.5 Å². The molecule has 0 spiro atoms. The Bertz CT molecular complexity index is 670. The Balaban J connectivity index is 2.13. The maximum atomic E-state index is 12.9. The molecule has 1 aliphatic heterocycles. The summed E-state index contributed by atoms with van der Waals surface area (Å²) in [6, 6.07) is 3.33. The van der Waals surface area contributed by atoms with Crippen LogP contribution in [-0.2, 0) is 4.79 Å². The van der Waals surface area contributed by atoms with Gasteiger partial charge in [0.05, 0.1) is 18.2 Å². The zero-order chi connectivity index (χ0) is 20.0. The van der Waals surface area contributed by atoms with E-state index in [2.05, 4.69) is 0 Å². The molecule has 1 fully saturated rings. The Morgan fingerprint density at radius 1 is 1.19 bits per heavy atom. The molecule has 1 saturated heterocycles. The van der Waals surface area contributed by atoms with Gasteiger partial charge >= 0.3 is 0 Å². The average Bonchev–Trinajstić information content (AvgIpc) is 2.66. The maximum absolute atomic E-state index is 12.9. The van der Waals surface area contributed by atoms with Crippen LogP contribution in [0.3, 0.4) is 0 Å². The Kier molecular flexibility index (Phi) is 7.78. The number of benzene rings is 1. The van der Waals surface area contributed by atoms with Gasteiger partial charge in [-0.05, 0) is 38.3 Å². The van der Waals surface area contributed by atoms with E-state index < -0.39 is 0 Å². The van der Waals surface area contributed by atoms with Gasteiger partial charge in [0, 0.05) is 38.7 Å². The smallest absolute Gasteiger partial charge is 0.254 e. The second-order valence-electron chi connectivity index (χ2n) is 6.87. The fourth-order valence-corrected chi connectivity index (χ4v) is 3.44. The summed E-state index contributed by atoms with van der Waals surface area (Å²) >= 11 is 6.36. The molecule has 150 valence electrons. The topological polar surface area (TPSA) is 59.1 Å². The first-order valence-corrected chi connectivity index (χ1v) is 9.86. The average molecular weight is 397 g/mol. The third-order valence-corrected chi connectivity index (χ3v) is 4.86. The van der Waals surface area contributed by atoms with Gasteiger partial charge in [-0.25, -0.2) is 0 Å². The van der Waals surface area contributed by atoms with Crippen LogP contribution in [-0.4, -0.2) is 62.0 Å². The van der Waals surface area contributed by atoms with Crippen molar-refractivity contribution in [2.75, 3.05) is 40.4 Å². The molecule has 1 aromatic carbocycles. The van der Waals surface area contributed by atoms with Gasteiger partial charge in [0.15, 0.2) is 11.5 Å². The molecule has 0 radical (unpaired) electrons. The van der Waals surface area contributed by atoms with Crippen LogP contribution in [0.5, 0.6) is 11.5 Å². The van der Waals surface area contributed by atoms with Gasteiger partial charge in [-0.2, -0.15) is 0 Å². The molecule has 1 heterocycles. The fourth-order valence-electron chi connectivity index (χ4n) is 3.18. The third-order valence-electron chi connectivity index (χ3n) is 4.58. The van der Waals surface area contributed by atoms with Gasteiger partial charge < -0.3 is 19.3 Å². The number of nitrogens with zero attached hydrogens (tertiary/aromatic N) is 2. The van der Waals surface area contributed by atoms with Crippen LogP contribution < -0.4 is 9.47 Å². The number of piperidine rings is 1. The molecule has 1 aromatic rings. The van der Waals surface area contributed by atoms with E-state index in [-0.39, 0.29) is 17.7 Å². The number of carbonyl (C=O) groups excluding carboxylic acids is 2. The Morgan fingerprint density at radius 2 is 1.85 bits per heavy atom. The van der Waals surface area contributed by atoms with Crippen LogP contribution in [0.15, 0.2) is 12.1 Å². The predicted octanol–water partition coefficient (Wildman–Crippen LogP) is 3.47. The van der Waals surface area contributed by atoms with E-state index in [4.69, 9.17) is 21.1 Å². The lowest BCUT2D eigenvalue weighted by Crippen LogP contribution is -2.42. The lowest BCUT2D eigenvalue weighted by Gasteiger charge is -2.32. The first-order chi connectivity index (χ1) is 12.9. The monoisotopic (exact) mass is 396 g/mol. The van der Waals surface area contributed by atoms with E-state index in [9.17, 15) is 9.59 Å². The zero-order valence-corrected chi connectivity index (χ0v) is 17.3. The van der Waals surface area contributed by atoms with Crippen molar-refractivity contribution in [2.45, 2.75) is 33.1 Å². The minimum atomic E-state index is -0.101. The molecule has 0 N–H and O–H groups in total. The Hall–Kier alpha value is -1.95. The van der Waals surface area contributed by atoms with E-state index in [0.29, 0.717) is 61.2 Å². The molecule has 0 aliphatic carbocycles. The van der Waals surface area contributed by atoms with Crippen LogP contribution >= 0.6 is 11.6 Å². The second-order valence-corrected chi connectivity index (χ2v) is 7.27. The van der Waals surface area contributed by atoms with Crippen LogP contribution in [0.4, 0.5) is 0 Å². The molecule has 2 amide bonds. The minimum Gasteiger partial charge on any atom is -0.490 e. The molecule has 0 bridgehead atoms. The van der Waals surface area contributed by atoms with Crippen molar-refractivity contribution in [3.63, 3.8) is 0 Å². The van der Waals surface area contributed by atoms with Gasteiger partial charge in [0.2, 0.25) is 5.91 Å². The summed E-state index contributed by atoms with van der Waals surface area (Å²) in [6.45, 7) is 5.97. The van der Waals surface area contributed by atoms with Crippen LogP contribution in [0.2, 0.25) is 5.02 Å². The highest BCUT2D eigenvalue weighted by molar-refractivity contribution is 6.32. The number of hydrogen-bond acceptors (Lipinski definition) is 4. The number of ether oxygens (including phenoxy) is 2. The molecule has 7 heteroatoms. The highest BCUT2D eigenvalue weighted by Crippen LogP contribution is 2.37. The summed E-state index contributed by atoms with van der Waals surface area (Å²) in [5, 5.41) is 0.371. The summed E-state index contributed by atoms with van der Waals surface area (Å²) in [7, 11) is 3.53. The molecule has 0 unspecified atom stereocenters. The SMILES string of the molecule is CCCOc1c(Cl)cc(C(=O)N2CCC(C(=O)N(C)C)CC2)cc1OCC. The molecule has 0 saturated carbocycles. The van der Waals surface area contributed by atoms with Crippen molar-refractivity contribution in [1.82, 2.24) is 9.80 Å². The van der Waals surface area contributed by atoms with E-state index in [1.165, 1.54) is 0 Å². The van der Waals surface area contributed by atoms with E-state index in [1.54, 1.807) is 36.0 Å². The number of hydrogen-bond donors (Lipinski definition) is 0. The van der Waals surface area contributed by atoms with E-state index >= 15 is 0 Å². The van der Waals surface area contributed by atoms with Crippen LogP contribution in [0.25, 0.3) is 0 Å². The summed E-state index contributed by atoms with van der Waals surface area (Å²) in [5.41, 5.74) is 0.477. The Morgan fingerprint density at radius 3 is 2.41 bits per heavy atom. The van der Waals surface area contributed by atoms with Gasteiger partial charge in [0.25, 0.3) is 5.91 Å². The molecule has 0 aromatic heterocycles. The molecular formula is C20H29ClN2O4. The van der Waals surface area contributed by atoms with Crippen molar-refractivity contribution < 1.29 is 19.1 Å². The highest BCUT2D eigenvalue weighted by atomic mass is 35.5. The van der Waals surface area contributed by atoms with Crippen molar-refractivity contribution in [3.05, 3.63) is 22.7 Å². The molecule has 1 aliphatic rings. The highest BCUT2D eigenvalue weighted by Gasteiger charge is 2.29. The summed E-state index contributed by atoms with van der Waals surface area (Å²) in [4.78, 5) is 28.4. The minimum absolute atomic E-state index is 0.0172. The van der Waals surface area contributed by atoms with Crippen LogP contribution in [0.1, 0.15) is 43.5 Å². The molecule has 6 nitrogen and oxygen atoms in total. The fraction of sp³-hybridized carbons (Fsp3) is 0.600. The van der Waals surface area contributed by atoms with Crippen LogP contribution in [0, 0.1) is 5.92 Å². The number of halogens is 1. The van der Waals surface area contributed by atoms with E-state index in [0.717, 1.165) is 6.42 Å². The lowest BCUT2D eigenvalue weighted by atomic mass is 9.95. The second kappa shape index (κ2) is 9.83. The van der Waals surface area contributed by atoms with Crippen molar-refractivity contribution in [1.29, 1.82) is 0 Å². The normalized spacial score (nSPS) is 14.8. The predicted molar refractivity (Wildman–Crippen MR) is 106 cm³/mol. The Labute approximate surface area is 166 Å². The molecule has 0 atom stereocenters. The lowest BCUT2D eigenvalue weighted by molar-refractivity contribution is -0.134. The van der Waals surface area contributed by atoms with Gasteiger partial charge in [-0.1, -0.05) is 18.5 Å². The number of likely N-dealkylation sites (tertiary alicyclic amines) is 1. The largest absolute Gasteiger partial charge is 0.490 e. The van der Waals surface area contributed by atoms with Gasteiger partial charge in [-0.3, -0.25) is 9.59 Å². The molecule has 2 rings (SSSR count). The summed E-state index contributed by atoms with van der Waals surface area (Å²) < 4.78 is 11.3. The molecule has 27 heavy (non-hydrogen) atoms. The first-order valence-electron chi connectivity index (χ1n) is 9.48. The first kappa shape index (κ1) is 21.4. The number of rotatable bonds is 7. The number of carbonyl (C=O) groups is 2. The van der Waals surface area contributed by atoms with Crippen molar-refractivity contribution in [2.24, 2.45) is 5.92 Å². The summed E-state index contributed by atoms with van der Waals surface area (Å²) in [5.74, 6) is 0.972. The summed E-state index contributed by atoms with van der Waals surface area (Å²) in [6.07, 6.45) is 2.20. The third kappa shape index (κ3) is 5.28. The maximum Gasteiger partial charge on any atom is 0.254 e. The van der Waals surface area contributed by atoms with E-state index in [1.807, 2.05) is 13.8 Å². The number of amides is 2. The molecular weight excluding hydrogens is 368 g/mol. The van der Waals surface area contributed by atoms with Gasteiger partial charge in [-0.15, -0.1) is 0 Å². The van der Waals surface area contributed by atoms with Crippen molar-refractivity contribution >= 4 is 23.4 Å². The quantitative estimate of drug-likeness (QED) is 0.708.